The molecule has 0 atom stereocenters. The average molecular weight is 544 g/mol. The molecule has 3 rings (SSSR count). The third-order valence-electron chi connectivity index (χ3n) is 4.20. The molecule has 0 radical (unpaired) electrons. The van der Waals surface area contributed by atoms with Crippen LogP contribution in [0.15, 0.2) is 48.5 Å². The van der Waals surface area contributed by atoms with Crippen molar-refractivity contribution in [2.75, 3.05) is 0 Å². The summed E-state index contributed by atoms with van der Waals surface area (Å²) in [6, 6.07) is 9.52. The molecule has 0 unspecified atom stereocenters. The highest BCUT2D eigenvalue weighted by Crippen LogP contribution is 2.34. The molecule has 0 saturated carbocycles. The van der Waals surface area contributed by atoms with Gasteiger partial charge in [0.1, 0.15) is 11.1 Å². The minimum absolute atomic E-state index is 0.0218. The van der Waals surface area contributed by atoms with Gasteiger partial charge in [0, 0.05) is 10.0 Å². The van der Waals surface area contributed by atoms with Crippen molar-refractivity contribution >= 4 is 70.3 Å². The van der Waals surface area contributed by atoms with Crippen molar-refractivity contribution in [2.24, 2.45) is 0 Å². The number of halogens is 4. The average Bonchev–Trinajstić information content (AvgIpc) is 2.76. The number of rotatable bonds is 6. The van der Waals surface area contributed by atoms with Gasteiger partial charge in [0.15, 0.2) is 11.5 Å². The molecular weight excluding hydrogens is 534 g/mol. The van der Waals surface area contributed by atoms with Gasteiger partial charge in [0.2, 0.25) is 0 Å². The molecule has 0 spiro atoms. The van der Waals surface area contributed by atoms with E-state index in [1.54, 1.807) is 0 Å². The fourth-order valence-electron chi connectivity index (χ4n) is 2.72. The molecule has 0 fully saturated rings. The zero-order valence-corrected chi connectivity index (χ0v) is 19.5. The summed E-state index contributed by atoms with van der Waals surface area (Å²) in [4.78, 5) is 48.2. The van der Waals surface area contributed by atoms with Gasteiger partial charge in [-0.3, -0.25) is 0 Å². The highest BCUT2D eigenvalue weighted by Gasteiger charge is 2.23. The van der Waals surface area contributed by atoms with Crippen LogP contribution < -0.4 is 9.47 Å². The summed E-state index contributed by atoms with van der Waals surface area (Å²) in [5.74, 6) is -5.79. The smallest absolute Gasteiger partial charge is 0.343 e. The van der Waals surface area contributed by atoms with Crippen molar-refractivity contribution in [2.45, 2.75) is 0 Å². The molecule has 0 bridgehead atoms. The maximum Gasteiger partial charge on any atom is 0.343 e. The number of ether oxygens (including phenoxy) is 2. The Balaban J connectivity index is 1.89. The Kier molecular flexibility index (Phi) is 7.68. The Bertz CT molecular complexity index is 1250. The quantitative estimate of drug-likeness (QED) is 0.280. The predicted octanol–water partition coefficient (Wildman–Crippen LogP) is 6.14. The summed E-state index contributed by atoms with van der Waals surface area (Å²) in [5, 5.41) is 18.3. The van der Waals surface area contributed by atoms with Crippen LogP contribution in [0.3, 0.4) is 0 Å². The summed E-state index contributed by atoms with van der Waals surface area (Å²) < 4.78 is 10.3. The van der Waals surface area contributed by atoms with E-state index >= 15 is 0 Å². The van der Waals surface area contributed by atoms with Crippen LogP contribution in [0.25, 0.3) is 0 Å². The predicted molar refractivity (Wildman–Crippen MR) is 123 cm³/mol. The number of benzene rings is 3. The van der Waals surface area contributed by atoms with E-state index < -0.39 is 46.5 Å². The molecule has 174 valence electrons. The second-order valence-electron chi connectivity index (χ2n) is 6.50. The Morgan fingerprint density at radius 1 is 0.618 bits per heavy atom. The molecule has 3 aromatic rings. The van der Waals surface area contributed by atoms with Crippen LogP contribution in [0.2, 0.25) is 20.1 Å². The van der Waals surface area contributed by atoms with Gasteiger partial charge in [-0.25, -0.2) is 19.2 Å². The van der Waals surface area contributed by atoms with E-state index in [-0.39, 0.29) is 31.2 Å². The van der Waals surface area contributed by atoms with E-state index in [0.717, 1.165) is 18.2 Å². The fourth-order valence-corrected chi connectivity index (χ4v) is 3.79. The largest absolute Gasteiger partial charge is 0.478 e. The Hall–Kier alpha value is -3.30. The van der Waals surface area contributed by atoms with Gasteiger partial charge < -0.3 is 19.7 Å². The number of hydrogen-bond acceptors (Lipinski definition) is 6. The highest BCUT2D eigenvalue weighted by molar-refractivity contribution is 6.37. The second-order valence-corrected chi connectivity index (χ2v) is 8.19. The van der Waals surface area contributed by atoms with E-state index in [0.29, 0.717) is 0 Å². The minimum Gasteiger partial charge on any atom is -0.478 e. The fraction of sp³-hybridized carbons (Fsp3) is 0. The van der Waals surface area contributed by atoms with E-state index in [2.05, 4.69) is 0 Å². The molecule has 34 heavy (non-hydrogen) atoms. The van der Waals surface area contributed by atoms with Gasteiger partial charge in [-0.1, -0.05) is 52.5 Å². The van der Waals surface area contributed by atoms with Gasteiger partial charge in [0.05, 0.1) is 21.2 Å². The number of esters is 2. The molecule has 0 aliphatic carbocycles. The molecule has 3 aromatic carbocycles. The molecule has 12 heteroatoms. The number of carbonyl (C=O) groups excluding carboxylic acids is 2. The molecular formula is C22H10Cl4O8. The third-order valence-corrected chi connectivity index (χ3v) is 5.20. The lowest BCUT2D eigenvalue weighted by atomic mass is 10.1. The van der Waals surface area contributed by atoms with Crippen LogP contribution in [0.4, 0.5) is 0 Å². The first-order chi connectivity index (χ1) is 16.0. The molecule has 0 aliphatic heterocycles. The monoisotopic (exact) mass is 542 g/mol. The number of aromatic carboxylic acids is 2. The molecule has 0 heterocycles. The number of carbonyl (C=O) groups is 4. The van der Waals surface area contributed by atoms with Gasteiger partial charge in [-0.2, -0.15) is 0 Å². The number of hydrogen-bond donors (Lipinski definition) is 2. The summed E-state index contributed by atoms with van der Waals surface area (Å²) >= 11 is 23.6. The van der Waals surface area contributed by atoms with E-state index in [9.17, 15) is 29.4 Å². The standard InChI is InChI=1S/C22H10Cl4O8/c23-11-5-13(19(27)28)17(15(25)7-11)33-21(31)9-2-1-3-10(4-9)22(32)34-18-14(20(29)30)6-12(24)8-16(18)26/h1-8H,(H,27,28)(H,29,30). The molecule has 0 aromatic heterocycles. The van der Waals surface area contributed by atoms with E-state index in [4.69, 9.17) is 55.9 Å². The number of carboxylic acids is 2. The minimum atomic E-state index is -1.43. The highest BCUT2D eigenvalue weighted by atomic mass is 35.5. The van der Waals surface area contributed by atoms with Crippen LogP contribution in [0.1, 0.15) is 41.4 Å². The molecule has 2 N–H and O–H groups in total. The van der Waals surface area contributed by atoms with Crippen molar-refractivity contribution in [1.29, 1.82) is 0 Å². The van der Waals surface area contributed by atoms with E-state index in [1.165, 1.54) is 30.3 Å². The lowest BCUT2D eigenvalue weighted by Gasteiger charge is -2.12. The van der Waals surface area contributed by atoms with E-state index in [1.807, 2.05) is 0 Å². The maximum absolute atomic E-state index is 12.6. The summed E-state index contributed by atoms with van der Waals surface area (Å²) in [5.41, 5.74) is -1.20. The molecule has 0 amide bonds. The Morgan fingerprint density at radius 3 is 1.35 bits per heavy atom. The first-order valence-electron chi connectivity index (χ1n) is 8.97. The first-order valence-corrected chi connectivity index (χ1v) is 10.5. The van der Waals surface area contributed by atoms with Gasteiger partial charge in [0.25, 0.3) is 0 Å². The Labute approximate surface area is 211 Å². The van der Waals surface area contributed by atoms with Crippen LogP contribution in [-0.2, 0) is 0 Å². The third kappa shape index (κ3) is 5.60. The second kappa shape index (κ2) is 10.3. The normalized spacial score (nSPS) is 10.5. The summed E-state index contributed by atoms with van der Waals surface area (Å²) in [6.45, 7) is 0. The molecule has 0 aliphatic rings. The van der Waals surface area contributed by atoms with Gasteiger partial charge in [-0.05, 0) is 42.5 Å². The lowest BCUT2D eigenvalue weighted by molar-refractivity contribution is 0.0664. The molecule has 8 nitrogen and oxygen atoms in total. The van der Waals surface area contributed by atoms with Crippen LogP contribution in [0.5, 0.6) is 11.5 Å². The lowest BCUT2D eigenvalue weighted by Crippen LogP contribution is -2.15. The van der Waals surface area contributed by atoms with Crippen LogP contribution >= 0.6 is 46.4 Å². The van der Waals surface area contributed by atoms with Crippen molar-refractivity contribution in [3.63, 3.8) is 0 Å². The van der Waals surface area contributed by atoms with Crippen LogP contribution in [-0.4, -0.2) is 34.1 Å². The van der Waals surface area contributed by atoms with Gasteiger partial charge >= 0.3 is 23.9 Å². The number of carboxylic acid groups (broad SMARTS) is 2. The van der Waals surface area contributed by atoms with Crippen molar-refractivity contribution in [3.8, 4) is 11.5 Å². The van der Waals surface area contributed by atoms with Crippen molar-refractivity contribution in [1.82, 2.24) is 0 Å². The maximum atomic E-state index is 12.6. The summed E-state index contributed by atoms with van der Waals surface area (Å²) in [6.07, 6.45) is 0. The Morgan fingerprint density at radius 2 is 1.00 bits per heavy atom. The SMILES string of the molecule is O=C(Oc1c(Cl)cc(Cl)cc1C(=O)O)c1cccc(C(=O)Oc2c(Cl)cc(Cl)cc2C(=O)O)c1. The van der Waals surface area contributed by atoms with Gasteiger partial charge in [-0.15, -0.1) is 0 Å². The summed E-state index contributed by atoms with van der Waals surface area (Å²) in [7, 11) is 0. The zero-order chi connectivity index (χ0) is 25.2. The zero-order valence-electron chi connectivity index (χ0n) is 16.5. The first kappa shape index (κ1) is 25.3. The van der Waals surface area contributed by atoms with Crippen molar-refractivity contribution in [3.05, 3.63) is 90.9 Å². The van der Waals surface area contributed by atoms with Crippen LogP contribution in [0, 0.1) is 0 Å². The topological polar surface area (TPSA) is 127 Å². The molecule has 0 saturated heterocycles. The van der Waals surface area contributed by atoms with Crippen molar-refractivity contribution < 1.29 is 38.9 Å².